The fraction of sp³-hybridized carbons (Fsp3) is 0.0909. The molecule has 0 saturated carbocycles. The van der Waals surface area contributed by atoms with Crippen LogP contribution in [0, 0.1) is 0 Å². The molecule has 3 aromatic carbocycles. The zero-order valence-electron chi connectivity index (χ0n) is 13.1. The maximum atomic E-state index is 13.3. The van der Waals surface area contributed by atoms with Crippen molar-refractivity contribution in [2.24, 2.45) is 0 Å². The van der Waals surface area contributed by atoms with Gasteiger partial charge in [-0.1, -0.05) is 84.9 Å². The Labute approximate surface area is 140 Å². The molecular formula is C22H16O2. The summed E-state index contributed by atoms with van der Waals surface area (Å²) in [4.78, 5) is 26.6. The maximum absolute atomic E-state index is 13.3. The minimum Gasteiger partial charge on any atom is -0.293 e. The first-order valence-electron chi connectivity index (χ1n) is 8.01. The van der Waals surface area contributed by atoms with Gasteiger partial charge in [0.05, 0.1) is 0 Å². The van der Waals surface area contributed by atoms with E-state index in [4.69, 9.17) is 0 Å². The van der Waals surface area contributed by atoms with E-state index in [1.165, 1.54) is 0 Å². The van der Waals surface area contributed by atoms with Gasteiger partial charge in [0, 0.05) is 11.1 Å². The van der Waals surface area contributed by atoms with Gasteiger partial charge >= 0.3 is 0 Å². The quantitative estimate of drug-likeness (QED) is 0.678. The molecule has 0 spiro atoms. The highest BCUT2D eigenvalue weighted by molar-refractivity contribution is 6.33. The Kier molecular flexibility index (Phi) is 3.39. The zero-order valence-corrected chi connectivity index (χ0v) is 13.1. The Morgan fingerprint density at radius 2 is 1.04 bits per heavy atom. The van der Waals surface area contributed by atoms with Crippen LogP contribution >= 0.6 is 0 Å². The molecule has 116 valence electrons. The van der Waals surface area contributed by atoms with E-state index >= 15 is 0 Å². The van der Waals surface area contributed by atoms with Crippen LogP contribution in [0.5, 0.6) is 0 Å². The smallest absolute Gasteiger partial charge is 0.182 e. The number of Topliss-reactive ketones (excluding diaryl/α,β-unsaturated/α-hetero) is 2. The predicted octanol–water partition coefficient (Wildman–Crippen LogP) is 4.25. The molecule has 0 N–H and O–H groups in total. The van der Waals surface area contributed by atoms with Gasteiger partial charge in [-0.2, -0.15) is 0 Å². The van der Waals surface area contributed by atoms with Crippen LogP contribution in [0.25, 0.3) is 0 Å². The summed E-state index contributed by atoms with van der Waals surface area (Å²) in [7, 11) is 0. The van der Waals surface area contributed by atoms with Gasteiger partial charge in [0.1, 0.15) is 5.41 Å². The van der Waals surface area contributed by atoms with E-state index in [0.29, 0.717) is 17.5 Å². The molecule has 0 aromatic heterocycles. The Morgan fingerprint density at radius 3 is 1.58 bits per heavy atom. The molecule has 0 heterocycles. The molecule has 0 saturated heterocycles. The molecule has 1 aliphatic carbocycles. The van der Waals surface area contributed by atoms with Crippen molar-refractivity contribution in [2.45, 2.75) is 11.8 Å². The van der Waals surface area contributed by atoms with Crippen molar-refractivity contribution >= 4 is 11.6 Å². The third kappa shape index (κ3) is 2.04. The maximum Gasteiger partial charge on any atom is 0.182 e. The van der Waals surface area contributed by atoms with Crippen LogP contribution in [0.4, 0.5) is 0 Å². The van der Waals surface area contributed by atoms with Crippen LogP contribution in [0.3, 0.4) is 0 Å². The van der Waals surface area contributed by atoms with E-state index in [9.17, 15) is 9.59 Å². The summed E-state index contributed by atoms with van der Waals surface area (Å²) < 4.78 is 0. The Bertz CT molecular complexity index is 876. The molecule has 24 heavy (non-hydrogen) atoms. The lowest BCUT2D eigenvalue weighted by atomic mass is 9.71. The van der Waals surface area contributed by atoms with Crippen molar-refractivity contribution in [1.82, 2.24) is 0 Å². The van der Waals surface area contributed by atoms with Crippen LogP contribution in [0.15, 0.2) is 84.9 Å². The molecule has 0 fully saturated rings. The van der Waals surface area contributed by atoms with Crippen molar-refractivity contribution in [1.29, 1.82) is 0 Å². The van der Waals surface area contributed by atoms with Gasteiger partial charge in [-0.05, 0) is 17.5 Å². The molecule has 0 aliphatic heterocycles. The third-order valence-electron chi connectivity index (χ3n) is 4.77. The fourth-order valence-electron chi connectivity index (χ4n) is 3.59. The summed E-state index contributed by atoms with van der Waals surface area (Å²) in [5, 5.41) is 0. The van der Waals surface area contributed by atoms with Gasteiger partial charge in [0.25, 0.3) is 0 Å². The first-order valence-corrected chi connectivity index (χ1v) is 8.01. The number of fused-ring (bicyclic) bond motifs is 1. The fourth-order valence-corrected chi connectivity index (χ4v) is 3.59. The van der Waals surface area contributed by atoms with E-state index in [1.807, 2.05) is 72.8 Å². The predicted molar refractivity (Wildman–Crippen MR) is 93.4 cm³/mol. The monoisotopic (exact) mass is 312 g/mol. The molecule has 0 unspecified atom stereocenters. The van der Waals surface area contributed by atoms with E-state index in [-0.39, 0.29) is 11.6 Å². The molecule has 0 atom stereocenters. The number of benzene rings is 3. The van der Waals surface area contributed by atoms with Crippen LogP contribution in [-0.4, -0.2) is 11.6 Å². The van der Waals surface area contributed by atoms with Crippen molar-refractivity contribution in [3.05, 3.63) is 107 Å². The Morgan fingerprint density at radius 1 is 0.583 bits per heavy atom. The molecule has 4 rings (SSSR count). The average molecular weight is 312 g/mol. The minimum atomic E-state index is -1.16. The minimum absolute atomic E-state index is 0.0989. The lowest BCUT2D eigenvalue weighted by Gasteiger charge is -2.26. The van der Waals surface area contributed by atoms with E-state index in [2.05, 4.69) is 0 Å². The molecule has 0 radical (unpaired) electrons. The Hall–Kier alpha value is -3.00. The van der Waals surface area contributed by atoms with E-state index < -0.39 is 5.41 Å². The summed E-state index contributed by atoms with van der Waals surface area (Å²) in [5.41, 5.74) is 1.65. The van der Waals surface area contributed by atoms with Gasteiger partial charge < -0.3 is 0 Å². The highest BCUT2D eigenvalue weighted by atomic mass is 16.2. The lowest BCUT2D eigenvalue weighted by molar-refractivity contribution is 0.0793. The molecule has 0 bridgehead atoms. The zero-order chi connectivity index (χ0) is 16.6. The second-order valence-electron chi connectivity index (χ2n) is 6.14. The first-order chi connectivity index (χ1) is 11.7. The normalized spacial score (nSPS) is 15.3. The van der Waals surface area contributed by atoms with Gasteiger partial charge in [-0.15, -0.1) is 0 Å². The molecule has 0 amide bonds. The molecule has 1 aliphatic rings. The lowest BCUT2D eigenvalue weighted by Crippen LogP contribution is -2.40. The number of carbonyl (C=O) groups excluding carboxylic acids is 2. The number of rotatable bonds is 3. The first kappa shape index (κ1) is 14.6. The van der Waals surface area contributed by atoms with Crippen LogP contribution in [0.2, 0.25) is 0 Å². The SMILES string of the molecule is O=C1c2ccccc2C(=O)C1(Cc1ccccc1)c1ccccc1. The number of ketones is 2. The van der Waals surface area contributed by atoms with E-state index in [1.54, 1.807) is 12.1 Å². The molecule has 2 heteroatoms. The number of carbonyl (C=O) groups is 2. The van der Waals surface area contributed by atoms with Crippen LogP contribution in [0.1, 0.15) is 31.8 Å². The van der Waals surface area contributed by atoms with Crippen molar-refractivity contribution in [3.63, 3.8) is 0 Å². The average Bonchev–Trinajstić information content (AvgIpc) is 2.86. The third-order valence-corrected chi connectivity index (χ3v) is 4.77. The summed E-state index contributed by atoms with van der Waals surface area (Å²) in [6, 6.07) is 26.3. The largest absolute Gasteiger partial charge is 0.293 e. The Balaban J connectivity index is 1.93. The summed E-state index contributed by atoms with van der Waals surface area (Å²) in [6.45, 7) is 0. The summed E-state index contributed by atoms with van der Waals surface area (Å²) in [5.74, 6) is -0.198. The second kappa shape index (κ2) is 5.57. The standard InChI is InChI=1S/C22H16O2/c23-20-18-13-7-8-14-19(18)21(24)22(20,17-11-5-2-6-12-17)15-16-9-3-1-4-10-16/h1-14H,15H2. The van der Waals surface area contributed by atoms with Gasteiger partial charge in [-0.3, -0.25) is 9.59 Å². The highest BCUT2D eigenvalue weighted by Gasteiger charge is 2.53. The molecule has 3 aromatic rings. The van der Waals surface area contributed by atoms with Gasteiger partial charge in [0.15, 0.2) is 11.6 Å². The topological polar surface area (TPSA) is 34.1 Å². The van der Waals surface area contributed by atoms with Crippen molar-refractivity contribution in [3.8, 4) is 0 Å². The highest BCUT2D eigenvalue weighted by Crippen LogP contribution is 2.42. The van der Waals surface area contributed by atoms with Gasteiger partial charge in [-0.25, -0.2) is 0 Å². The van der Waals surface area contributed by atoms with Crippen LogP contribution in [-0.2, 0) is 11.8 Å². The van der Waals surface area contributed by atoms with Crippen molar-refractivity contribution in [2.75, 3.05) is 0 Å². The summed E-state index contributed by atoms with van der Waals surface area (Å²) >= 11 is 0. The second-order valence-corrected chi connectivity index (χ2v) is 6.14. The van der Waals surface area contributed by atoms with Gasteiger partial charge in [0.2, 0.25) is 0 Å². The van der Waals surface area contributed by atoms with Crippen LogP contribution < -0.4 is 0 Å². The van der Waals surface area contributed by atoms with E-state index in [0.717, 1.165) is 11.1 Å². The number of hydrogen-bond donors (Lipinski definition) is 0. The summed E-state index contributed by atoms with van der Waals surface area (Å²) in [6.07, 6.45) is 0.379. The number of hydrogen-bond acceptors (Lipinski definition) is 2. The molecular weight excluding hydrogens is 296 g/mol. The molecule has 2 nitrogen and oxygen atoms in total. The van der Waals surface area contributed by atoms with Crippen molar-refractivity contribution < 1.29 is 9.59 Å².